The van der Waals surface area contributed by atoms with Gasteiger partial charge < -0.3 is 15.0 Å². The Labute approximate surface area is 116 Å². The van der Waals surface area contributed by atoms with Gasteiger partial charge in [-0.25, -0.2) is 4.98 Å². The zero-order valence-electron chi connectivity index (χ0n) is 11.1. The van der Waals surface area contributed by atoms with Crippen molar-refractivity contribution in [1.82, 2.24) is 15.3 Å². The molecule has 108 valence electrons. The molecule has 1 atom stereocenters. The highest BCUT2D eigenvalue weighted by Gasteiger charge is 2.08. The number of aromatic nitrogens is 2. The Morgan fingerprint density at radius 2 is 2.25 bits per heavy atom. The summed E-state index contributed by atoms with van der Waals surface area (Å²) in [6.07, 6.45) is 4.25. The predicted octanol–water partition coefficient (Wildman–Crippen LogP) is 2.90. The number of imidazole rings is 1. The average molecular weight is 281 g/mol. The number of hydrogen-bond acceptors (Lipinski definition) is 3. The zero-order valence-corrected chi connectivity index (χ0v) is 11.1. The lowest BCUT2D eigenvalue weighted by Gasteiger charge is -2.15. The first-order valence-corrected chi connectivity index (χ1v) is 6.40. The molecule has 0 amide bonds. The second kappa shape index (κ2) is 7.00. The summed E-state index contributed by atoms with van der Waals surface area (Å²) in [5, 5.41) is 3.33. The molecule has 0 aliphatic rings. The molecule has 0 aliphatic heterocycles. The predicted molar refractivity (Wildman–Crippen MR) is 71.8 cm³/mol. The molecule has 4 nitrogen and oxygen atoms in total. The van der Waals surface area contributed by atoms with Crippen LogP contribution in [0.1, 0.15) is 24.2 Å². The molecular formula is C14H17F2N3O. The van der Waals surface area contributed by atoms with Gasteiger partial charge in [-0.2, -0.15) is 8.78 Å². The second-order valence-corrected chi connectivity index (χ2v) is 4.45. The number of halogens is 2. The van der Waals surface area contributed by atoms with Gasteiger partial charge in [-0.3, -0.25) is 0 Å². The SMILES string of the molecule is CC(NCCc1cnc[nH]1)c1cccc(OC(F)F)c1. The molecule has 1 aromatic heterocycles. The highest BCUT2D eigenvalue weighted by Crippen LogP contribution is 2.20. The molecule has 1 unspecified atom stereocenters. The molecule has 0 saturated heterocycles. The van der Waals surface area contributed by atoms with E-state index in [9.17, 15) is 8.78 Å². The Morgan fingerprint density at radius 1 is 1.40 bits per heavy atom. The maximum absolute atomic E-state index is 12.2. The number of H-pyrrole nitrogens is 1. The molecule has 0 radical (unpaired) electrons. The van der Waals surface area contributed by atoms with Crippen LogP contribution >= 0.6 is 0 Å². The van der Waals surface area contributed by atoms with Crippen molar-refractivity contribution < 1.29 is 13.5 Å². The summed E-state index contributed by atoms with van der Waals surface area (Å²) in [6.45, 7) is -0.0496. The van der Waals surface area contributed by atoms with E-state index in [1.165, 1.54) is 6.07 Å². The monoisotopic (exact) mass is 281 g/mol. The van der Waals surface area contributed by atoms with Crippen molar-refractivity contribution in [3.63, 3.8) is 0 Å². The number of nitrogens with one attached hydrogen (secondary N) is 2. The van der Waals surface area contributed by atoms with E-state index in [1.54, 1.807) is 24.7 Å². The molecule has 0 saturated carbocycles. The summed E-state index contributed by atoms with van der Waals surface area (Å²) in [5.74, 6) is 0.180. The lowest BCUT2D eigenvalue weighted by Crippen LogP contribution is -2.21. The fraction of sp³-hybridized carbons (Fsp3) is 0.357. The van der Waals surface area contributed by atoms with E-state index in [4.69, 9.17) is 0 Å². The zero-order chi connectivity index (χ0) is 14.4. The molecule has 1 heterocycles. The van der Waals surface area contributed by atoms with Gasteiger partial charge in [0.2, 0.25) is 0 Å². The minimum Gasteiger partial charge on any atom is -0.435 e. The standard InChI is InChI=1S/C14H17F2N3O/c1-10(18-6-5-12-8-17-9-19-12)11-3-2-4-13(7-11)20-14(15)16/h2-4,7-10,14,18H,5-6H2,1H3,(H,17,19). The molecular weight excluding hydrogens is 264 g/mol. The van der Waals surface area contributed by atoms with Gasteiger partial charge in [0.15, 0.2) is 0 Å². The highest BCUT2D eigenvalue weighted by atomic mass is 19.3. The van der Waals surface area contributed by atoms with Gasteiger partial charge in [0.05, 0.1) is 6.33 Å². The van der Waals surface area contributed by atoms with E-state index in [0.717, 1.165) is 24.2 Å². The molecule has 6 heteroatoms. The summed E-state index contributed by atoms with van der Waals surface area (Å²) in [4.78, 5) is 6.97. The van der Waals surface area contributed by atoms with Crippen molar-refractivity contribution in [1.29, 1.82) is 0 Å². The van der Waals surface area contributed by atoms with E-state index >= 15 is 0 Å². The van der Waals surface area contributed by atoms with Crippen LogP contribution in [0.15, 0.2) is 36.8 Å². The number of hydrogen-bond donors (Lipinski definition) is 2. The van der Waals surface area contributed by atoms with Crippen molar-refractivity contribution >= 4 is 0 Å². The van der Waals surface area contributed by atoms with Crippen molar-refractivity contribution in [2.24, 2.45) is 0 Å². The first kappa shape index (κ1) is 14.5. The smallest absolute Gasteiger partial charge is 0.387 e. The number of rotatable bonds is 7. The Kier molecular flexibility index (Phi) is 5.06. The summed E-state index contributed by atoms with van der Waals surface area (Å²) in [7, 11) is 0. The molecule has 20 heavy (non-hydrogen) atoms. The molecule has 0 aliphatic carbocycles. The third-order valence-corrected chi connectivity index (χ3v) is 2.98. The summed E-state index contributed by atoms with van der Waals surface area (Å²) in [5.41, 5.74) is 1.97. The normalized spacial score (nSPS) is 12.6. The molecule has 2 aromatic rings. The maximum Gasteiger partial charge on any atom is 0.387 e. The summed E-state index contributed by atoms with van der Waals surface area (Å²) >= 11 is 0. The van der Waals surface area contributed by atoms with Crippen LogP contribution in [0, 0.1) is 0 Å². The molecule has 0 spiro atoms. The summed E-state index contributed by atoms with van der Waals surface area (Å²) in [6, 6.07) is 6.79. The Balaban J connectivity index is 1.86. The largest absolute Gasteiger partial charge is 0.435 e. The number of aromatic amines is 1. The van der Waals surface area contributed by atoms with E-state index in [0.29, 0.717) is 0 Å². The minimum absolute atomic E-state index is 0.0548. The van der Waals surface area contributed by atoms with Crippen LogP contribution in [-0.4, -0.2) is 23.1 Å². The molecule has 0 fully saturated rings. The van der Waals surface area contributed by atoms with Crippen LogP contribution < -0.4 is 10.1 Å². The third kappa shape index (κ3) is 4.31. The van der Waals surface area contributed by atoms with Crippen molar-refractivity contribution in [3.05, 3.63) is 48.0 Å². The number of benzene rings is 1. The molecule has 2 N–H and O–H groups in total. The maximum atomic E-state index is 12.2. The molecule has 2 rings (SSSR count). The third-order valence-electron chi connectivity index (χ3n) is 2.98. The number of alkyl halides is 2. The topological polar surface area (TPSA) is 49.9 Å². The first-order valence-electron chi connectivity index (χ1n) is 6.40. The van der Waals surface area contributed by atoms with Gasteiger partial charge in [0, 0.05) is 30.9 Å². The van der Waals surface area contributed by atoms with Crippen LogP contribution in [0.3, 0.4) is 0 Å². The number of ether oxygens (including phenoxy) is 1. The number of nitrogens with zero attached hydrogens (tertiary/aromatic N) is 1. The second-order valence-electron chi connectivity index (χ2n) is 4.45. The lowest BCUT2D eigenvalue weighted by atomic mass is 10.1. The van der Waals surface area contributed by atoms with Gasteiger partial charge in [0.25, 0.3) is 0 Å². The summed E-state index contributed by atoms with van der Waals surface area (Å²) < 4.78 is 28.7. The Bertz CT molecular complexity index is 517. The lowest BCUT2D eigenvalue weighted by molar-refractivity contribution is -0.0499. The van der Waals surface area contributed by atoms with Crippen LogP contribution in [-0.2, 0) is 6.42 Å². The van der Waals surface area contributed by atoms with Crippen LogP contribution in [0.25, 0.3) is 0 Å². The quantitative estimate of drug-likeness (QED) is 0.820. The fourth-order valence-electron chi connectivity index (χ4n) is 1.92. The van der Waals surface area contributed by atoms with E-state index in [1.807, 2.05) is 13.0 Å². The van der Waals surface area contributed by atoms with E-state index in [2.05, 4.69) is 20.0 Å². The van der Waals surface area contributed by atoms with Crippen molar-refractivity contribution in [2.45, 2.75) is 26.0 Å². The van der Waals surface area contributed by atoms with Crippen LogP contribution in [0.5, 0.6) is 5.75 Å². The van der Waals surface area contributed by atoms with Crippen LogP contribution in [0.4, 0.5) is 8.78 Å². The molecule has 1 aromatic carbocycles. The van der Waals surface area contributed by atoms with Gasteiger partial charge in [-0.1, -0.05) is 12.1 Å². The van der Waals surface area contributed by atoms with Crippen molar-refractivity contribution in [2.75, 3.05) is 6.54 Å². The van der Waals surface area contributed by atoms with Gasteiger partial charge in [-0.15, -0.1) is 0 Å². The van der Waals surface area contributed by atoms with Gasteiger partial charge in [-0.05, 0) is 24.6 Å². The van der Waals surface area contributed by atoms with E-state index < -0.39 is 6.61 Å². The van der Waals surface area contributed by atoms with Gasteiger partial charge >= 0.3 is 6.61 Å². The fourth-order valence-corrected chi connectivity index (χ4v) is 1.92. The first-order chi connectivity index (χ1) is 9.65. The average Bonchev–Trinajstić information content (AvgIpc) is 2.91. The van der Waals surface area contributed by atoms with Crippen molar-refractivity contribution in [3.8, 4) is 5.75 Å². The molecule has 0 bridgehead atoms. The van der Waals surface area contributed by atoms with E-state index in [-0.39, 0.29) is 11.8 Å². The minimum atomic E-state index is -2.80. The van der Waals surface area contributed by atoms with Crippen LogP contribution in [0.2, 0.25) is 0 Å². The highest BCUT2D eigenvalue weighted by molar-refractivity contribution is 5.30. The Morgan fingerprint density at radius 3 is 2.95 bits per heavy atom. The van der Waals surface area contributed by atoms with Gasteiger partial charge in [0.1, 0.15) is 5.75 Å². The Hall–Kier alpha value is -1.95.